The molecular formula is C9H11BrClN3. The third kappa shape index (κ3) is 1.78. The number of halogens is 2. The number of nitrogens with two attached hydrogens (primary N) is 1. The summed E-state index contributed by atoms with van der Waals surface area (Å²) >= 11 is 9.17. The van der Waals surface area contributed by atoms with Crippen molar-refractivity contribution >= 4 is 27.5 Å². The Morgan fingerprint density at radius 3 is 2.71 bits per heavy atom. The molecule has 1 aromatic heterocycles. The average molecular weight is 277 g/mol. The van der Waals surface area contributed by atoms with Gasteiger partial charge in [-0.05, 0) is 40.4 Å². The summed E-state index contributed by atoms with van der Waals surface area (Å²) in [5.74, 6) is 0. The topological polar surface area (TPSA) is 51.8 Å². The van der Waals surface area contributed by atoms with Crippen LogP contribution in [-0.2, 0) is 5.54 Å². The maximum absolute atomic E-state index is 6.27. The lowest BCUT2D eigenvalue weighted by atomic mass is 9.95. The van der Waals surface area contributed by atoms with E-state index in [-0.39, 0.29) is 10.8 Å². The predicted molar refractivity (Wildman–Crippen MR) is 59.1 cm³/mol. The van der Waals surface area contributed by atoms with E-state index in [0.29, 0.717) is 0 Å². The number of hydrogen-bond acceptors (Lipinski definition) is 3. The summed E-state index contributed by atoms with van der Waals surface area (Å²) in [7, 11) is 0. The molecule has 0 bridgehead atoms. The molecule has 1 saturated carbocycles. The molecule has 14 heavy (non-hydrogen) atoms. The molecule has 0 aliphatic heterocycles. The highest BCUT2D eigenvalue weighted by Gasteiger charge is 2.34. The number of rotatable bonds is 1. The zero-order chi connectivity index (χ0) is 10.2. The SMILES string of the molecule is NC1(c2nc(Cl)ncc2Br)CCCC1. The first-order valence-corrected chi connectivity index (χ1v) is 5.76. The van der Waals surface area contributed by atoms with E-state index in [4.69, 9.17) is 17.3 Å². The molecule has 2 N–H and O–H groups in total. The summed E-state index contributed by atoms with van der Waals surface area (Å²) in [4.78, 5) is 8.10. The molecule has 0 saturated heterocycles. The van der Waals surface area contributed by atoms with Crippen LogP contribution in [0.4, 0.5) is 0 Å². The van der Waals surface area contributed by atoms with E-state index in [0.717, 1.165) is 35.8 Å². The second-order valence-corrected chi connectivity index (χ2v) is 4.89. The first kappa shape index (κ1) is 10.3. The summed E-state index contributed by atoms with van der Waals surface area (Å²) in [6.45, 7) is 0. The molecule has 2 rings (SSSR count). The van der Waals surface area contributed by atoms with Gasteiger partial charge in [0.1, 0.15) is 0 Å². The molecule has 0 aromatic carbocycles. The fraction of sp³-hybridized carbons (Fsp3) is 0.556. The fourth-order valence-corrected chi connectivity index (χ4v) is 2.66. The molecule has 1 aliphatic rings. The molecule has 0 unspecified atom stereocenters. The van der Waals surface area contributed by atoms with Crippen molar-refractivity contribution in [1.82, 2.24) is 9.97 Å². The Balaban J connectivity index is 2.44. The highest BCUT2D eigenvalue weighted by molar-refractivity contribution is 9.10. The lowest BCUT2D eigenvalue weighted by Crippen LogP contribution is -2.34. The van der Waals surface area contributed by atoms with Crippen molar-refractivity contribution in [3.8, 4) is 0 Å². The molecule has 1 heterocycles. The van der Waals surface area contributed by atoms with Gasteiger partial charge in [0.25, 0.3) is 0 Å². The summed E-state index contributed by atoms with van der Waals surface area (Å²) in [6, 6.07) is 0. The Morgan fingerprint density at radius 1 is 1.43 bits per heavy atom. The van der Waals surface area contributed by atoms with Crippen molar-refractivity contribution in [3.63, 3.8) is 0 Å². The van der Waals surface area contributed by atoms with Gasteiger partial charge in [-0.25, -0.2) is 9.97 Å². The van der Waals surface area contributed by atoms with Gasteiger partial charge in [-0.3, -0.25) is 0 Å². The van der Waals surface area contributed by atoms with Crippen molar-refractivity contribution in [2.75, 3.05) is 0 Å². The van der Waals surface area contributed by atoms with E-state index >= 15 is 0 Å². The normalized spacial score (nSPS) is 19.9. The van der Waals surface area contributed by atoms with Gasteiger partial charge in [0.2, 0.25) is 5.28 Å². The number of hydrogen-bond donors (Lipinski definition) is 1. The van der Waals surface area contributed by atoms with Crippen molar-refractivity contribution in [3.05, 3.63) is 21.6 Å². The van der Waals surface area contributed by atoms with Crippen LogP contribution in [0.25, 0.3) is 0 Å². The van der Waals surface area contributed by atoms with Crippen LogP contribution < -0.4 is 5.73 Å². The maximum Gasteiger partial charge on any atom is 0.222 e. The molecule has 0 atom stereocenters. The minimum Gasteiger partial charge on any atom is -0.320 e. The van der Waals surface area contributed by atoms with Crippen LogP contribution in [0.5, 0.6) is 0 Å². The van der Waals surface area contributed by atoms with E-state index in [1.165, 1.54) is 0 Å². The largest absolute Gasteiger partial charge is 0.320 e. The van der Waals surface area contributed by atoms with Crippen LogP contribution in [0.1, 0.15) is 31.4 Å². The molecule has 76 valence electrons. The van der Waals surface area contributed by atoms with Crippen LogP contribution in [0.2, 0.25) is 5.28 Å². The third-order valence-electron chi connectivity index (χ3n) is 2.68. The van der Waals surface area contributed by atoms with Crippen molar-refractivity contribution in [2.24, 2.45) is 5.73 Å². The lowest BCUT2D eigenvalue weighted by Gasteiger charge is -2.23. The number of aromatic nitrogens is 2. The van der Waals surface area contributed by atoms with Crippen molar-refractivity contribution in [1.29, 1.82) is 0 Å². The van der Waals surface area contributed by atoms with E-state index in [1.54, 1.807) is 6.20 Å². The first-order chi connectivity index (χ1) is 6.62. The second kappa shape index (κ2) is 3.76. The predicted octanol–water partition coefficient (Wildman–Crippen LogP) is 2.62. The van der Waals surface area contributed by atoms with Crippen molar-refractivity contribution < 1.29 is 0 Å². The zero-order valence-corrected chi connectivity index (χ0v) is 9.98. The minimum absolute atomic E-state index is 0.264. The van der Waals surface area contributed by atoms with Crippen LogP contribution in [0.15, 0.2) is 10.7 Å². The molecule has 1 aromatic rings. The first-order valence-electron chi connectivity index (χ1n) is 4.59. The molecule has 5 heteroatoms. The quantitative estimate of drug-likeness (QED) is 0.802. The van der Waals surface area contributed by atoms with Gasteiger partial charge in [-0.15, -0.1) is 0 Å². The fourth-order valence-electron chi connectivity index (χ4n) is 1.94. The van der Waals surface area contributed by atoms with E-state index < -0.39 is 0 Å². The van der Waals surface area contributed by atoms with E-state index in [9.17, 15) is 0 Å². The van der Waals surface area contributed by atoms with Gasteiger partial charge in [-0.2, -0.15) is 0 Å². The Bertz CT molecular complexity index is 350. The standard InChI is InChI=1S/C9H11BrClN3/c10-6-5-13-8(11)14-7(6)9(12)3-1-2-4-9/h5H,1-4,12H2. The molecule has 0 radical (unpaired) electrons. The zero-order valence-electron chi connectivity index (χ0n) is 7.63. The van der Waals surface area contributed by atoms with Gasteiger partial charge in [0.05, 0.1) is 15.7 Å². The molecular weight excluding hydrogens is 265 g/mol. The van der Waals surface area contributed by atoms with Crippen LogP contribution in [0.3, 0.4) is 0 Å². The Hall–Kier alpha value is -0.190. The summed E-state index contributed by atoms with van der Waals surface area (Å²) in [5.41, 5.74) is 6.80. The lowest BCUT2D eigenvalue weighted by molar-refractivity contribution is 0.444. The smallest absolute Gasteiger partial charge is 0.222 e. The molecule has 0 spiro atoms. The second-order valence-electron chi connectivity index (χ2n) is 3.70. The van der Waals surface area contributed by atoms with Crippen LogP contribution in [-0.4, -0.2) is 9.97 Å². The maximum atomic E-state index is 6.27. The Labute approximate surface area is 96.2 Å². The van der Waals surface area contributed by atoms with Gasteiger partial charge in [0.15, 0.2) is 0 Å². The molecule has 1 fully saturated rings. The minimum atomic E-state index is -0.314. The van der Waals surface area contributed by atoms with Crippen LogP contribution in [0, 0.1) is 0 Å². The average Bonchev–Trinajstić information content (AvgIpc) is 2.58. The van der Waals surface area contributed by atoms with Crippen LogP contribution >= 0.6 is 27.5 Å². The Morgan fingerprint density at radius 2 is 2.07 bits per heavy atom. The van der Waals surface area contributed by atoms with Gasteiger partial charge in [0, 0.05) is 6.20 Å². The van der Waals surface area contributed by atoms with Crippen molar-refractivity contribution in [2.45, 2.75) is 31.2 Å². The van der Waals surface area contributed by atoms with Gasteiger partial charge in [-0.1, -0.05) is 12.8 Å². The van der Waals surface area contributed by atoms with Gasteiger partial charge < -0.3 is 5.73 Å². The molecule has 3 nitrogen and oxygen atoms in total. The summed E-state index contributed by atoms with van der Waals surface area (Å²) < 4.78 is 0.853. The Kier molecular flexibility index (Phi) is 2.77. The number of nitrogens with zero attached hydrogens (tertiary/aromatic N) is 2. The van der Waals surface area contributed by atoms with Gasteiger partial charge >= 0.3 is 0 Å². The molecule has 0 amide bonds. The summed E-state index contributed by atoms with van der Waals surface area (Å²) in [5, 5.41) is 0.264. The highest BCUT2D eigenvalue weighted by atomic mass is 79.9. The molecule has 1 aliphatic carbocycles. The third-order valence-corrected chi connectivity index (χ3v) is 3.44. The highest BCUT2D eigenvalue weighted by Crippen LogP contribution is 2.38. The van der Waals surface area contributed by atoms with E-state index in [1.807, 2.05) is 0 Å². The van der Waals surface area contributed by atoms with E-state index in [2.05, 4.69) is 25.9 Å². The monoisotopic (exact) mass is 275 g/mol. The summed E-state index contributed by atoms with van der Waals surface area (Å²) in [6.07, 6.45) is 5.92.